The third-order valence-corrected chi connectivity index (χ3v) is 7.71. The molecule has 0 aliphatic carbocycles. The van der Waals surface area contributed by atoms with E-state index in [1.165, 1.54) is 13.0 Å². The minimum atomic E-state index is -4.04. The van der Waals surface area contributed by atoms with E-state index in [1.807, 2.05) is 38.1 Å². The van der Waals surface area contributed by atoms with Gasteiger partial charge in [-0.05, 0) is 56.5 Å². The summed E-state index contributed by atoms with van der Waals surface area (Å²) in [6.45, 7) is 7.12. The van der Waals surface area contributed by atoms with E-state index in [9.17, 15) is 23.1 Å². The molecular formula is C24H30N2O6S. The summed E-state index contributed by atoms with van der Waals surface area (Å²) >= 11 is 0. The summed E-state index contributed by atoms with van der Waals surface area (Å²) in [5, 5.41) is 12.8. The van der Waals surface area contributed by atoms with Gasteiger partial charge in [-0.2, -0.15) is 4.31 Å². The number of amides is 1. The molecule has 1 heterocycles. The summed E-state index contributed by atoms with van der Waals surface area (Å²) in [5.41, 5.74) is 3.74. The Kier molecular flexibility index (Phi) is 7.56. The van der Waals surface area contributed by atoms with Gasteiger partial charge < -0.3 is 15.2 Å². The molecule has 0 saturated carbocycles. The van der Waals surface area contributed by atoms with Gasteiger partial charge in [0.15, 0.2) is 6.10 Å². The van der Waals surface area contributed by atoms with Gasteiger partial charge in [0.2, 0.25) is 10.0 Å². The standard InChI is InChI=1S/C24H30N2O6S/c1-15-5-8-19(9-6-15)13-25-23(28)18(4)32-24(29)22-12-20(27)14-26(22)33(30,31)21-10-7-16(2)17(3)11-21/h5-11,18,20,22,27H,12-14H2,1-4H3,(H,25,28)/t18?,20?,22-/m0/s1. The average Bonchev–Trinajstić information content (AvgIpc) is 3.17. The van der Waals surface area contributed by atoms with E-state index in [0.29, 0.717) is 0 Å². The Morgan fingerprint density at radius 1 is 1.12 bits per heavy atom. The molecule has 2 aromatic carbocycles. The highest BCUT2D eigenvalue weighted by Crippen LogP contribution is 2.28. The second-order valence-electron chi connectivity index (χ2n) is 8.51. The summed E-state index contributed by atoms with van der Waals surface area (Å²) in [7, 11) is -4.04. The number of aliphatic hydroxyl groups excluding tert-OH is 1. The van der Waals surface area contributed by atoms with Crippen LogP contribution in [0.15, 0.2) is 47.4 Å². The van der Waals surface area contributed by atoms with Crippen LogP contribution in [0.3, 0.4) is 0 Å². The van der Waals surface area contributed by atoms with E-state index >= 15 is 0 Å². The van der Waals surface area contributed by atoms with Gasteiger partial charge >= 0.3 is 5.97 Å². The Balaban J connectivity index is 1.67. The fourth-order valence-electron chi connectivity index (χ4n) is 3.62. The van der Waals surface area contributed by atoms with Crippen molar-refractivity contribution in [3.8, 4) is 0 Å². The molecule has 3 atom stereocenters. The number of aryl methyl sites for hydroxylation is 3. The molecule has 0 aromatic heterocycles. The third-order valence-electron chi connectivity index (χ3n) is 5.84. The number of ether oxygens (including phenoxy) is 1. The zero-order chi connectivity index (χ0) is 24.3. The van der Waals surface area contributed by atoms with Crippen molar-refractivity contribution in [3.63, 3.8) is 0 Å². The summed E-state index contributed by atoms with van der Waals surface area (Å²) in [4.78, 5) is 25.2. The lowest BCUT2D eigenvalue weighted by Crippen LogP contribution is -2.44. The van der Waals surface area contributed by atoms with Crippen LogP contribution in [0.5, 0.6) is 0 Å². The number of hydrogen-bond donors (Lipinski definition) is 2. The van der Waals surface area contributed by atoms with Crippen molar-refractivity contribution in [2.75, 3.05) is 6.54 Å². The topological polar surface area (TPSA) is 113 Å². The normalized spacial score (nSPS) is 19.8. The van der Waals surface area contributed by atoms with Gasteiger partial charge in [0, 0.05) is 19.5 Å². The molecule has 33 heavy (non-hydrogen) atoms. The molecule has 9 heteroatoms. The number of sulfonamides is 1. The number of hydrogen-bond acceptors (Lipinski definition) is 6. The molecule has 0 bridgehead atoms. The molecule has 0 radical (unpaired) electrons. The van der Waals surface area contributed by atoms with Gasteiger partial charge in [0.25, 0.3) is 5.91 Å². The van der Waals surface area contributed by atoms with Crippen molar-refractivity contribution in [1.29, 1.82) is 0 Å². The molecule has 1 fully saturated rings. The molecule has 2 aromatic rings. The fraction of sp³-hybridized carbons (Fsp3) is 0.417. The van der Waals surface area contributed by atoms with Crippen molar-refractivity contribution < 1.29 is 27.9 Å². The smallest absolute Gasteiger partial charge is 0.325 e. The molecule has 1 amide bonds. The zero-order valence-electron chi connectivity index (χ0n) is 19.2. The predicted molar refractivity (Wildman–Crippen MR) is 123 cm³/mol. The number of β-amino-alcohol motifs (C(OH)–C–C–N with tert-alkyl or cyclic N) is 1. The number of esters is 1. The van der Waals surface area contributed by atoms with Crippen LogP contribution in [-0.2, 0) is 30.9 Å². The van der Waals surface area contributed by atoms with Crippen LogP contribution < -0.4 is 5.32 Å². The highest BCUT2D eigenvalue weighted by molar-refractivity contribution is 7.89. The first kappa shape index (κ1) is 24.9. The maximum absolute atomic E-state index is 13.2. The van der Waals surface area contributed by atoms with Crippen molar-refractivity contribution >= 4 is 21.9 Å². The van der Waals surface area contributed by atoms with Crippen LogP contribution >= 0.6 is 0 Å². The highest BCUT2D eigenvalue weighted by Gasteiger charge is 2.45. The van der Waals surface area contributed by atoms with Gasteiger partial charge in [0.1, 0.15) is 6.04 Å². The average molecular weight is 475 g/mol. The van der Waals surface area contributed by atoms with Crippen LogP contribution in [-0.4, -0.2) is 54.5 Å². The summed E-state index contributed by atoms with van der Waals surface area (Å²) < 4.78 is 32.6. The lowest BCUT2D eigenvalue weighted by molar-refractivity contribution is -0.158. The van der Waals surface area contributed by atoms with E-state index in [1.54, 1.807) is 19.1 Å². The lowest BCUT2D eigenvalue weighted by Gasteiger charge is -2.24. The number of carbonyl (C=O) groups is 2. The van der Waals surface area contributed by atoms with E-state index in [-0.39, 0.29) is 24.4 Å². The molecule has 1 aliphatic heterocycles. The molecular weight excluding hydrogens is 444 g/mol. The molecule has 1 aliphatic rings. The maximum Gasteiger partial charge on any atom is 0.325 e. The van der Waals surface area contributed by atoms with Gasteiger partial charge in [-0.25, -0.2) is 8.42 Å². The second kappa shape index (κ2) is 10.0. The summed E-state index contributed by atoms with van der Waals surface area (Å²) in [6.07, 6.45) is -2.22. The first-order valence-corrected chi connectivity index (χ1v) is 12.2. The number of benzene rings is 2. The Hall–Kier alpha value is -2.75. The van der Waals surface area contributed by atoms with E-state index in [4.69, 9.17) is 4.74 Å². The monoisotopic (exact) mass is 474 g/mol. The quantitative estimate of drug-likeness (QED) is 0.594. The summed E-state index contributed by atoms with van der Waals surface area (Å²) in [6, 6.07) is 11.2. The number of rotatable bonds is 7. The number of nitrogens with zero attached hydrogens (tertiary/aromatic N) is 1. The zero-order valence-corrected chi connectivity index (χ0v) is 20.1. The number of aliphatic hydroxyl groups is 1. The van der Waals surface area contributed by atoms with Crippen molar-refractivity contribution in [3.05, 3.63) is 64.7 Å². The first-order valence-electron chi connectivity index (χ1n) is 10.8. The Morgan fingerprint density at radius 3 is 2.42 bits per heavy atom. The van der Waals surface area contributed by atoms with Crippen molar-refractivity contribution in [1.82, 2.24) is 9.62 Å². The molecule has 2 unspecified atom stereocenters. The van der Waals surface area contributed by atoms with Crippen LogP contribution in [0, 0.1) is 20.8 Å². The molecule has 178 valence electrons. The molecule has 1 saturated heterocycles. The van der Waals surface area contributed by atoms with E-state index in [0.717, 1.165) is 26.6 Å². The minimum Gasteiger partial charge on any atom is -0.451 e. The Bertz CT molecular complexity index is 1130. The highest BCUT2D eigenvalue weighted by atomic mass is 32.2. The van der Waals surface area contributed by atoms with Crippen molar-refractivity contribution in [2.24, 2.45) is 0 Å². The second-order valence-corrected chi connectivity index (χ2v) is 10.4. The molecule has 3 rings (SSSR count). The molecule has 0 spiro atoms. The van der Waals surface area contributed by atoms with E-state index < -0.39 is 40.1 Å². The van der Waals surface area contributed by atoms with Gasteiger partial charge in [-0.1, -0.05) is 35.9 Å². The predicted octanol–water partition coefficient (Wildman–Crippen LogP) is 1.98. The third kappa shape index (κ3) is 5.79. The lowest BCUT2D eigenvalue weighted by atomic mass is 10.1. The SMILES string of the molecule is Cc1ccc(CNC(=O)C(C)OC(=O)[C@@H]2CC(O)CN2S(=O)(=O)c2ccc(C)c(C)c2)cc1. The first-order chi connectivity index (χ1) is 15.5. The van der Waals surface area contributed by atoms with Crippen LogP contribution in [0.1, 0.15) is 35.6 Å². The van der Waals surface area contributed by atoms with E-state index in [2.05, 4.69) is 5.32 Å². The minimum absolute atomic E-state index is 0.0430. The van der Waals surface area contributed by atoms with Crippen LogP contribution in [0.2, 0.25) is 0 Å². The number of carbonyl (C=O) groups excluding carboxylic acids is 2. The van der Waals surface area contributed by atoms with Gasteiger partial charge in [-0.15, -0.1) is 0 Å². The van der Waals surface area contributed by atoms with Crippen LogP contribution in [0.4, 0.5) is 0 Å². The summed E-state index contributed by atoms with van der Waals surface area (Å²) in [5.74, 6) is -1.36. The molecule has 8 nitrogen and oxygen atoms in total. The Labute approximate surface area is 194 Å². The van der Waals surface area contributed by atoms with Gasteiger partial charge in [-0.3, -0.25) is 9.59 Å². The van der Waals surface area contributed by atoms with Crippen molar-refractivity contribution in [2.45, 2.75) is 63.8 Å². The number of nitrogens with one attached hydrogen (secondary N) is 1. The van der Waals surface area contributed by atoms with Crippen LogP contribution in [0.25, 0.3) is 0 Å². The Morgan fingerprint density at radius 2 is 1.79 bits per heavy atom. The fourth-order valence-corrected chi connectivity index (χ4v) is 5.33. The van der Waals surface area contributed by atoms with Gasteiger partial charge in [0.05, 0.1) is 11.0 Å². The largest absolute Gasteiger partial charge is 0.451 e. The maximum atomic E-state index is 13.2. The molecule has 2 N–H and O–H groups in total.